The van der Waals surface area contributed by atoms with Gasteiger partial charge in [0.25, 0.3) is 0 Å². The van der Waals surface area contributed by atoms with Gasteiger partial charge in [-0.05, 0) is 24.6 Å². The lowest BCUT2D eigenvalue weighted by Crippen LogP contribution is -2.05. The Balaban J connectivity index is 3.12. The van der Waals surface area contributed by atoms with Crippen LogP contribution in [0.15, 0.2) is 18.2 Å². The van der Waals surface area contributed by atoms with E-state index in [9.17, 15) is 4.39 Å². The van der Waals surface area contributed by atoms with Crippen LogP contribution in [0.25, 0.3) is 0 Å². The molecule has 1 atom stereocenters. The molecule has 0 saturated heterocycles. The lowest BCUT2D eigenvalue weighted by molar-refractivity contribution is 0.619. The molecular weight excluding hydrogens is 153 g/mol. The summed E-state index contributed by atoms with van der Waals surface area (Å²) < 4.78 is 13.0. The first-order valence-electron chi connectivity index (χ1n) is 3.67. The number of hydrogen-bond acceptors (Lipinski definition) is 1. The fraction of sp³-hybridized carbons (Fsp3) is 0.200. The molecule has 1 nitrogen and oxygen atoms in total. The van der Waals surface area contributed by atoms with Crippen molar-refractivity contribution in [1.82, 2.24) is 0 Å². The van der Waals surface area contributed by atoms with E-state index >= 15 is 0 Å². The van der Waals surface area contributed by atoms with Gasteiger partial charge in [-0.25, -0.2) is 4.39 Å². The first kappa shape index (κ1) is 8.76. The number of nitrogens with two attached hydrogens (primary N) is 1. The van der Waals surface area contributed by atoms with E-state index < -0.39 is 0 Å². The van der Waals surface area contributed by atoms with Crippen molar-refractivity contribution in [3.05, 3.63) is 35.1 Å². The summed E-state index contributed by atoms with van der Waals surface area (Å²) in [7, 11) is 0. The predicted octanol–water partition coefficient (Wildman–Crippen LogP) is 1.83. The Morgan fingerprint density at radius 1 is 1.58 bits per heavy atom. The largest absolute Gasteiger partial charge is 0.324 e. The average molecular weight is 163 g/mol. The zero-order chi connectivity index (χ0) is 9.14. The highest BCUT2D eigenvalue weighted by Gasteiger charge is 2.03. The van der Waals surface area contributed by atoms with Crippen LogP contribution >= 0.6 is 0 Å². The normalized spacial score (nSPS) is 12.2. The minimum Gasteiger partial charge on any atom is -0.324 e. The van der Waals surface area contributed by atoms with Crippen molar-refractivity contribution in [2.45, 2.75) is 13.0 Å². The van der Waals surface area contributed by atoms with E-state index in [1.165, 1.54) is 6.07 Å². The fourth-order valence-electron chi connectivity index (χ4n) is 0.932. The number of hydrogen-bond donors (Lipinski definition) is 1. The lowest BCUT2D eigenvalue weighted by atomic mass is 10.1. The summed E-state index contributed by atoms with van der Waals surface area (Å²) in [6.07, 6.45) is 5.06. The summed E-state index contributed by atoms with van der Waals surface area (Å²) in [5.41, 5.74) is 6.59. The Labute approximate surface area is 71.4 Å². The van der Waals surface area contributed by atoms with E-state index in [2.05, 4.69) is 5.92 Å². The van der Waals surface area contributed by atoms with Gasteiger partial charge in [-0.1, -0.05) is 12.0 Å². The third-order valence-electron chi connectivity index (χ3n) is 1.67. The van der Waals surface area contributed by atoms with Gasteiger partial charge in [0.2, 0.25) is 0 Å². The summed E-state index contributed by atoms with van der Waals surface area (Å²) in [6, 6.07) is 4.52. The maximum atomic E-state index is 13.0. The van der Waals surface area contributed by atoms with Gasteiger partial charge in [0.15, 0.2) is 0 Å². The van der Waals surface area contributed by atoms with E-state index in [0.717, 1.165) is 5.56 Å². The van der Waals surface area contributed by atoms with Gasteiger partial charge in [0.05, 0.1) is 5.56 Å². The Morgan fingerprint density at radius 3 is 2.67 bits per heavy atom. The number of benzene rings is 1. The van der Waals surface area contributed by atoms with Gasteiger partial charge < -0.3 is 5.73 Å². The molecule has 1 unspecified atom stereocenters. The highest BCUT2D eigenvalue weighted by molar-refractivity contribution is 5.36. The molecule has 0 bridgehead atoms. The van der Waals surface area contributed by atoms with Gasteiger partial charge in [-0.15, -0.1) is 6.42 Å². The molecule has 0 aliphatic heterocycles. The molecule has 0 aliphatic rings. The molecule has 0 aliphatic carbocycles. The first-order chi connectivity index (χ1) is 5.65. The van der Waals surface area contributed by atoms with Crippen molar-refractivity contribution in [3.8, 4) is 12.3 Å². The quantitative estimate of drug-likeness (QED) is 0.628. The van der Waals surface area contributed by atoms with Crippen molar-refractivity contribution in [2.75, 3.05) is 0 Å². The van der Waals surface area contributed by atoms with Gasteiger partial charge in [0.1, 0.15) is 5.82 Å². The van der Waals surface area contributed by atoms with Crippen molar-refractivity contribution in [3.63, 3.8) is 0 Å². The van der Waals surface area contributed by atoms with E-state index in [1.54, 1.807) is 19.1 Å². The van der Waals surface area contributed by atoms with Crippen molar-refractivity contribution in [1.29, 1.82) is 0 Å². The molecule has 0 fully saturated rings. The molecule has 0 radical (unpaired) electrons. The average Bonchev–Trinajstić information content (AvgIpc) is 2.04. The standard InChI is InChI=1S/C10H10FN/c1-3-8-4-5-9(7(2)12)6-10(8)11/h1,4-7H,12H2,2H3. The molecule has 2 heteroatoms. The van der Waals surface area contributed by atoms with Gasteiger partial charge >= 0.3 is 0 Å². The second-order valence-electron chi connectivity index (χ2n) is 2.67. The monoisotopic (exact) mass is 163 g/mol. The van der Waals surface area contributed by atoms with Crippen molar-refractivity contribution >= 4 is 0 Å². The second-order valence-corrected chi connectivity index (χ2v) is 2.67. The maximum absolute atomic E-state index is 13.0. The van der Waals surface area contributed by atoms with Gasteiger partial charge in [-0.2, -0.15) is 0 Å². The van der Waals surface area contributed by atoms with Crippen LogP contribution in [-0.4, -0.2) is 0 Å². The van der Waals surface area contributed by atoms with E-state index in [4.69, 9.17) is 12.2 Å². The fourth-order valence-corrected chi connectivity index (χ4v) is 0.932. The van der Waals surface area contributed by atoms with Crippen LogP contribution in [0.1, 0.15) is 24.1 Å². The van der Waals surface area contributed by atoms with E-state index in [0.29, 0.717) is 0 Å². The minimum absolute atomic E-state index is 0.161. The Hall–Kier alpha value is -1.33. The number of terminal acetylenes is 1. The second kappa shape index (κ2) is 3.38. The number of rotatable bonds is 1. The predicted molar refractivity (Wildman–Crippen MR) is 46.9 cm³/mol. The van der Waals surface area contributed by atoms with E-state index in [-0.39, 0.29) is 17.4 Å². The molecule has 62 valence electrons. The van der Waals surface area contributed by atoms with Crippen LogP contribution in [0.3, 0.4) is 0 Å². The zero-order valence-electron chi connectivity index (χ0n) is 6.84. The summed E-state index contributed by atoms with van der Waals surface area (Å²) in [6.45, 7) is 1.80. The molecule has 1 aromatic carbocycles. The van der Waals surface area contributed by atoms with Gasteiger partial charge in [0, 0.05) is 6.04 Å². The lowest BCUT2D eigenvalue weighted by Gasteiger charge is -2.05. The van der Waals surface area contributed by atoms with Crippen LogP contribution in [0.5, 0.6) is 0 Å². The molecule has 0 heterocycles. The molecule has 0 aromatic heterocycles. The summed E-state index contributed by atoms with van der Waals surface area (Å²) in [5.74, 6) is 1.86. The molecule has 0 amide bonds. The van der Waals surface area contributed by atoms with Crippen molar-refractivity contribution in [2.24, 2.45) is 5.73 Å². The molecule has 0 saturated carbocycles. The highest BCUT2D eigenvalue weighted by Crippen LogP contribution is 2.13. The van der Waals surface area contributed by atoms with E-state index in [1.807, 2.05) is 0 Å². The van der Waals surface area contributed by atoms with Crippen LogP contribution in [0.2, 0.25) is 0 Å². The minimum atomic E-state index is -0.382. The van der Waals surface area contributed by atoms with Crippen LogP contribution in [-0.2, 0) is 0 Å². The summed E-state index contributed by atoms with van der Waals surface area (Å²) in [5, 5.41) is 0. The third kappa shape index (κ3) is 1.63. The third-order valence-corrected chi connectivity index (χ3v) is 1.67. The molecule has 1 rings (SSSR count). The van der Waals surface area contributed by atoms with Crippen LogP contribution < -0.4 is 5.73 Å². The topological polar surface area (TPSA) is 26.0 Å². The SMILES string of the molecule is C#Cc1ccc(C(C)N)cc1F. The number of halogens is 1. The Kier molecular flexibility index (Phi) is 2.47. The van der Waals surface area contributed by atoms with Crippen molar-refractivity contribution < 1.29 is 4.39 Å². The molecule has 1 aromatic rings. The Morgan fingerprint density at radius 2 is 2.25 bits per heavy atom. The molecule has 12 heavy (non-hydrogen) atoms. The summed E-state index contributed by atoms with van der Waals surface area (Å²) >= 11 is 0. The molecule has 0 spiro atoms. The molecule has 2 N–H and O–H groups in total. The molecular formula is C10H10FN. The Bertz CT molecular complexity index is 323. The van der Waals surface area contributed by atoms with Crippen LogP contribution in [0.4, 0.5) is 4.39 Å². The smallest absolute Gasteiger partial charge is 0.139 e. The highest BCUT2D eigenvalue weighted by atomic mass is 19.1. The zero-order valence-corrected chi connectivity index (χ0v) is 6.84. The van der Waals surface area contributed by atoms with Gasteiger partial charge in [-0.3, -0.25) is 0 Å². The maximum Gasteiger partial charge on any atom is 0.139 e. The summed E-state index contributed by atoms with van der Waals surface area (Å²) in [4.78, 5) is 0. The first-order valence-corrected chi connectivity index (χ1v) is 3.67. The van der Waals surface area contributed by atoms with Crippen LogP contribution in [0, 0.1) is 18.2 Å².